The van der Waals surface area contributed by atoms with Gasteiger partial charge in [0.05, 0.1) is 68.5 Å². The number of esters is 1. The van der Waals surface area contributed by atoms with Gasteiger partial charge < -0.3 is 91.9 Å². The molecule has 43 nitrogen and oxygen atoms in total. The second-order valence-corrected chi connectivity index (χ2v) is 32.5. The normalized spacial score (nSPS) is 11.4. The maximum Gasteiger partial charge on any atom is 0.387 e. The molecule has 2 atom stereocenters. The zero-order valence-electron chi connectivity index (χ0n) is 69.9. The van der Waals surface area contributed by atoms with Crippen LogP contribution in [-0.4, -0.2) is 137 Å². The summed E-state index contributed by atoms with van der Waals surface area (Å²) in [5, 5.41) is 108. The van der Waals surface area contributed by atoms with Gasteiger partial charge in [0, 0.05) is 95.0 Å². The molecule has 684 valence electrons. The lowest BCUT2D eigenvalue weighted by atomic mass is 9.89. The SMILES string of the molecule is CC(C)(C)OC(=O)C(Cl)c1c([N+](=O)[O-])ncn1CCn1cnc([N+](=O)[O-])c1C(Cl)C(C)(C)C.CCc1ccc(-c2ccc(C=O)c(COO)c2)cc1[N+](=O)[O-].CCc1ccc(-c2ccc(C[N+](C)(C)C)c([N+](=O)[O-])c2)cc1[N+](=O)[O-].O=C=O.O=[N+]([O-])c1cc(-c2ccc(CBr)c([N+](=O)[O-])c2)ccc1CBr.O=[N+]([O-])c1ncn(CCn2cnc([N+](=O)[O-])c2CCl)c1CCl.[I-]. The molecule has 0 fully saturated rings. The minimum atomic E-state index is -1.49. The Balaban J connectivity index is 0.000000335. The highest BCUT2D eigenvalue weighted by Gasteiger charge is 2.38. The van der Waals surface area contributed by atoms with Crippen LogP contribution in [0.5, 0.6) is 0 Å². The van der Waals surface area contributed by atoms with E-state index in [1.165, 1.54) is 73.9 Å². The molecular formula is C78H83Br2Cl4IN18O25. The summed E-state index contributed by atoms with van der Waals surface area (Å²) in [7, 11) is 5.89. The molecule has 0 aliphatic heterocycles. The first-order valence-electron chi connectivity index (χ1n) is 37.2. The summed E-state index contributed by atoms with van der Waals surface area (Å²) in [5.41, 5.74) is 7.05. The number of hydrogen-bond donors (Lipinski definition) is 1. The predicted molar refractivity (Wildman–Crippen MR) is 470 cm³/mol. The number of aromatic nitrogens is 8. The average molecular weight is 2100 g/mol. The van der Waals surface area contributed by atoms with Crippen molar-refractivity contribution in [1.82, 2.24) is 38.2 Å². The van der Waals surface area contributed by atoms with Crippen molar-refractivity contribution in [2.24, 2.45) is 5.41 Å². The van der Waals surface area contributed by atoms with Crippen LogP contribution in [0, 0.1) is 96.4 Å². The van der Waals surface area contributed by atoms with E-state index in [4.69, 9.17) is 66.0 Å². The number of nitrogens with zero attached hydrogens (tertiary/aromatic N) is 18. The molecule has 0 spiro atoms. The minimum absolute atomic E-state index is 0. The van der Waals surface area contributed by atoms with Crippen LogP contribution in [0.3, 0.4) is 0 Å². The smallest absolute Gasteiger partial charge is 0.387 e. The summed E-state index contributed by atoms with van der Waals surface area (Å²) in [6.45, 7) is 15.3. The van der Waals surface area contributed by atoms with Gasteiger partial charge in [-0.2, -0.15) is 9.59 Å². The van der Waals surface area contributed by atoms with Gasteiger partial charge in [0.2, 0.25) is 25.3 Å². The molecule has 128 heavy (non-hydrogen) atoms. The number of hydrogen-bond acceptors (Lipinski definition) is 29. The van der Waals surface area contributed by atoms with Crippen molar-refractivity contribution < 1.29 is 107 Å². The van der Waals surface area contributed by atoms with Crippen LogP contribution in [0.2, 0.25) is 0 Å². The second-order valence-electron chi connectivity index (χ2n) is 29.9. The van der Waals surface area contributed by atoms with Crippen molar-refractivity contribution in [3.63, 3.8) is 0 Å². The molecular weight excluding hydrogens is 2020 g/mol. The third-order valence-electron chi connectivity index (χ3n) is 18.1. The van der Waals surface area contributed by atoms with Gasteiger partial charge in [0.25, 0.3) is 28.4 Å². The number of aldehydes is 1. The lowest BCUT2D eigenvalue weighted by Gasteiger charge is -2.25. The van der Waals surface area contributed by atoms with Gasteiger partial charge in [-0.25, -0.2) is 9.68 Å². The first kappa shape index (κ1) is 108. The first-order valence-corrected chi connectivity index (χ1v) is 41.4. The Bertz CT molecular complexity index is 5630. The number of carbonyl (C=O) groups excluding carboxylic acids is 4. The number of benzene rings is 6. The third-order valence-corrected chi connectivity index (χ3v) is 21.1. The maximum atomic E-state index is 12.5. The summed E-state index contributed by atoms with van der Waals surface area (Å²) in [5.74, 6) is -2.55. The monoisotopic (exact) mass is 2100 g/mol. The second kappa shape index (κ2) is 49.4. The summed E-state index contributed by atoms with van der Waals surface area (Å²) in [4.78, 5) is 155. The van der Waals surface area contributed by atoms with Crippen molar-refractivity contribution in [2.45, 2.75) is 146 Å². The third kappa shape index (κ3) is 29.8. The highest BCUT2D eigenvalue weighted by Crippen LogP contribution is 2.43. The molecule has 4 aromatic heterocycles. The Morgan fingerprint density at radius 1 is 0.477 bits per heavy atom. The zero-order chi connectivity index (χ0) is 95.4. The molecule has 4 heterocycles. The van der Waals surface area contributed by atoms with Crippen molar-refractivity contribution in [1.29, 1.82) is 0 Å². The number of nitro groups is 9. The molecule has 0 aliphatic carbocycles. The molecule has 50 heteroatoms. The Morgan fingerprint density at radius 2 is 0.773 bits per heavy atom. The zero-order valence-corrected chi connectivity index (χ0v) is 78.2. The predicted octanol–water partition coefficient (Wildman–Crippen LogP) is 15.6. The fraction of sp³-hybridized carbons (Fsp3) is 0.346. The largest absolute Gasteiger partial charge is 1.00 e. The number of ether oxygens (including phenoxy) is 1. The summed E-state index contributed by atoms with van der Waals surface area (Å²) in [6, 6.07) is 29.6. The van der Waals surface area contributed by atoms with Gasteiger partial charge in [-0.1, -0.05) is 133 Å². The van der Waals surface area contributed by atoms with Gasteiger partial charge in [0.1, 0.15) is 47.8 Å². The summed E-state index contributed by atoms with van der Waals surface area (Å²) < 4.78 is 11.7. The van der Waals surface area contributed by atoms with E-state index in [1.807, 2.05) is 55.8 Å². The Hall–Kier alpha value is -12.0. The van der Waals surface area contributed by atoms with Gasteiger partial charge in [-0.15, -0.1) is 46.4 Å². The molecule has 10 aromatic rings. The van der Waals surface area contributed by atoms with E-state index in [-0.39, 0.29) is 130 Å². The average Bonchev–Trinajstić information content (AvgIpc) is 1.50. The van der Waals surface area contributed by atoms with E-state index in [0.717, 1.165) is 0 Å². The molecule has 0 saturated carbocycles. The van der Waals surface area contributed by atoms with Crippen LogP contribution in [0.1, 0.15) is 133 Å². The number of carbonyl (C=O) groups is 2. The van der Waals surface area contributed by atoms with E-state index >= 15 is 0 Å². The molecule has 0 aliphatic rings. The molecule has 0 radical (unpaired) electrons. The number of quaternary nitrogens is 1. The highest BCUT2D eigenvalue weighted by atomic mass is 127. The number of halogens is 7. The van der Waals surface area contributed by atoms with Crippen molar-refractivity contribution >= 4 is 148 Å². The quantitative estimate of drug-likeness (QED) is 0.00598. The van der Waals surface area contributed by atoms with E-state index < -0.39 is 77.9 Å². The standard InChI is InChI=1S/C19H26Cl2N6O6.C18H22N3O4.C16H15NO5.C14H10Br2N2O4.C10H10Cl2N6O4.CO2.HI/c1-18(2,3)14(21)13-16(27(31)32)23-10-25(13)8-7-24-9-22-15(26(29)30)12(24)11(20)17(28)33-19(4,5)6;1-5-13-6-7-14(10-17(13)19(22)23)15-8-9-16(12-21(2,3)4)18(11-15)20(24)25;1-2-11-3-4-13(8-16(11)17(19)20)12-5-6-14(9-18)15(7-12)10-22-21;15-7-11-3-1-9(5-13(11)17(19)20)10-2-4-12(8-16)14(6-10)18(21)22;11-3-7-9(17(19)20)13-5-15(7)1-2-16-6-14-10(18(21)22)8(16)4-12;2-1-3;/h9-11,14H,7-8H2,1-6H3;6-11H,5,12H2,1-4H3;3-9,21H,2,10H2,1H3;1-6H,7-8H2;5-6H,1-4H2;;1H/q;+1;;;;;/p-1. The van der Waals surface area contributed by atoms with Crippen LogP contribution in [0.4, 0.5) is 51.7 Å². The molecule has 2 unspecified atom stereocenters. The number of alkyl halides is 6. The lowest BCUT2D eigenvalue weighted by Crippen LogP contribution is -3.00. The molecule has 0 saturated heterocycles. The summed E-state index contributed by atoms with van der Waals surface area (Å²) in [6.07, 6.45) is 7.12. The Labute approximate surface area is 781 Å². The van der Waals surface area contributed by atoms with E-state index in [1.54, 1.807) is 99.6 Å². The fourth-order valence-corrected chi connectivity index (χ4v) is 14.1. The maximum absolute atomic E-state index is 12.5. The number of nitro benzene ring substituents is 5. The van der Waals surface area contributed by atoms with Crippen molar-refractivity contribution in [3.8, 4) is 33.4 Å². The van der Waals surface area contributed by atoms with E-state index in [9.17, 15) is 101 Å². The van der Waals surface area contributed by atoms with E-state index in [2.05, 4.69) is 56.7 Å². The fourth-order valence-electron chi connectivity index (χ4n) is 12.1. The summed E-state index contributed by atoms with van der Waals surface area (Å²) >= 11 is 30.6. The van der Waals surface area contributed by atoms with Gasteiger partial charge >= 0.3 is 35.4 Å². The molecule has 0 amide bonds. The molecule has 10 rings (SSSR count). The lowest BCUT2D eigenvalue weighted by molar-refractivity contribution is -0.884. The minimum Gasteiger partial charge on any atom is -1.00 e. The topological polar surface area (TPSA) is 567 Å². The molecule has 6 aromatic carbocycles. The van der Waals surface area contributed by atoms with Gasteiger partial charge in [-0.05, 0) is 130 Å². The highest BCUT2D eigenvalue weighted by molar-refractivity contribution is 9.08. The van der Waals surface area contributed by atoms with Crippen LogP contribution < -0.4 is 24.0 Å². The number of aryl methyl sites for hydroxylation is 6. The number of imidazole rings is 4. The van der Waals surface area contributed by atoms with Crippen LogP contribution >= 0.6 is 78.3 Å². The number of rotatable bonds is 32. The van der Waals surface area contributed by atoms with Gasteiger partial charge in [0.15, 0.2) is 5.38 Å². The van der Waals surface area contributed by atoms with Gasteiger partial charge in [-0.3, -0.25) is 60.6 Å². The molecule has 0 bridgehead atoms. The van der Waals surface area contributed by atoms with Crippen molar-refractivity contribution in [2.75, 3.05) is 21.1 Å². The van der Waals surface area contributed by atoms with E-state index in [0.29, 0.717) is 126 Å². The van der Waals surface area contributed by atoms with Crippen LogP contribution in [-0.2, 0) is 98.6 Å². The first-order chi connectivity index (χ1) is 59.6. The van der Waals surface area contributed by atoms with Crippen molar-refractivity contribution in [3.05, 3.63) is 287 Å². The van der Waals surface area contributed by atoms with Crippen LogP contribution in [0.15, 0.2) is 135 Å². The Morgan fingerprint density at radius 3 is 1.08 bits per heavy atom. The Kier molecular flexibility index (Phi) is 41.8. The van der Waals surface area contributed by atoms with Crippen LogP contribution in [0.25, 0.3) is 33.4 Å². The molecule has 1 N–H and O–H groups in total.